The van der Waals surface area contributed by atoms with E-state index in [1.165, 1.54) is 13.4 Å². The van der Waals surface area contributed by atoms with Crippen molar-refractivity contribution in [2.24, 2.45) is 5.10 Å². The van der Waals surface area contributed by atoms with Crippen LogP contribution >= 0.6 is 12.6 Å². The van der Waals surface area contributed by atoms with E-state index in [-0.39, 0.29) is 10.6 Å². The van der Waals surface area contributed by atoms with Crippen LogP contribution < -0.4 is 19.7 Å². The van der Waals surface area contributed by atoms with Gasteiger partial charge in [0.2, 0.25) is 0 Å². The Morgan fingerprint density at radius 3 is 2.79 bits per heavy atom. The molecule has 0 bridgehead atoms. The minimum atomic E-state index is -0.455. The van der Waals surface area contributed by atoms with Crippen LogP contribution in [0, 0.1) is 25.1 Å². The Hall–Kier alpha value is -4.27. The molecule has 2 aliphatic rings. The minimum Gasteiger partial charge on any atom is -0.494 e. The first kappa shape index (κ1) is 31.7. The molecular formula is C32H37FN6O3S. The number of aryl methyl sites for hydroxylation is 1. The van der Waals surface area contributed by atoms with Gasteiger partial charge in [-0.2, -0.15) is 17.7 Å². The number of hydrogen-bond acceptors (Lipinski definition) is 10. The average Bonchev–Trinajstić information content (AvgIpc) is 3.23. The maximum Gasteiger partial charge on any atom is 0.163 e. The number of hydrogen-bond donors (Lipinski definition) is 2. The molecule has 1 N–H and O–H groups in total. The van der Waals surface area contributed by atoms with E-state index in [1.807, 2.05) is 67.2 Å². The second-order valence-electron chi connectivity index (χ2n) is 9.72. The molecule has 0 aliphatic carbocycles. The zero-order valence-corrected chi connectivity index (χ0v) is 25.8. The molecule has 3 heterocycles. The van der Waals surface area contributed by atoms with Crippen molar-refractivity contribution in [1.29, 1.82) is 0 Å². The highest BCUT2D eigenvalue weighted by Gasteiger charge is 2.26. The summed E-state index contributed by atoms with van der Waals surface area (Å²) in [7, 11) is 1.53. The highest BCUT2D eigenvalue weighted by Crippen LogP contribution is 2.40. The Labute approximate surface area is 257 Å². The van der Waals surface area contributed by atoms with Gasteiger partial charge in [0.25, 0.3) is 0 Å². The number of thiol groups is 1. The lowest BCUT2D eigenvalue weighted by atomic mass is 10.1. The summed E-state index contributed by atoms with van der Waals surface area (Å²) in [6.45, 7) is 8.42. The van der Waals surface area contributed by atoms with Crippen molar-refractivity contribution in [3.8, 4) is 23.8 Å². The van der Waals surface area contributed by atoms with Gasteiger partial charge in [-0.05, 0) is 49.8 Å². The number of nitrogens with zero attached hydrogens (tertiary/aromatic N) is 5. The van der Waals surface area contributed by atoms with Gasteiger partial charge in [0.1, 0.15) is 35.1 Å². The molecule has 3 aromatic rings. The Morgan fingerprint density at radius 1 is 1.30 bits per heavy atom. The third-order valence-corrected chi connectivity index (χ3v) is 6.92. The van der Waals surface area contributed by atoms with Crippen molar-refractivity contribution in [2.75, 3.05) is 50.2 Å². The molecule has 43 heavy (non-hydrogen) atoms. The first-order valence-electron chi connectivity index (χ1n) is 14.0. The van der Waals surface area contributed by atoms with Crippen LogP contribution in [0.3, 0.4) is 0 Å². The van der Waals surface area contributed by atoms with Gasteiger partial charge in [-0.3, -0.25) is 5.01 Å². The number of allylic oxidation sites excluding steroid dienone is 1. The fourth-order valence-electron chi connectivity index (χ4n) is 4.57. The lowest BCUT2D eigenvalue weighted by molar-refractivity contribution is 0.155. The second-order valence-corrected chi connectivity index (χ2v) is 10.4. The van der Waals surface area contributed by atoms with E-state index in [0.29, 0.717) is 55.6 Å². The number of rotatable bonds is 7. The van der Waals surface area contributed by atoms with Gasteiger partial charge in [-0.15, -0.1) is 12.3 Å². The largest absolute Gasteiger partial charge is 0.494 e. The van der Waals surface area contributed by atoms with E-state index in [9.17, 15) is 0 Å². The molecule has 1 aromatic heterocycles. The van der Waals surface area contributed by atoms with Crippen LogP contribution in [0.4, 0.5) is 21.6 Å². The summed E-state index contributed by atoms with van der Waals surface area (Å²) in [5.74, 6) is 4.20. The van der Waals surface area contributed by atoms with Crippen molar-refractivity contribution in [1.82, 2.24) is 15.0 Å². The number of hydrazone groups is 1. The topological polar surface area (TPSA) is 84.3 Å². The Balaban J connectivity index is 0.000000996. The standard InChI is InChI=1S/C28H31FN6O3S.C4H6/c1-4-32-35-9-7-20(8-10-35)38-23-6-5-19(13-18(23)2)33-28-25-22(30-17-31-28)14-24(36-3)27(26(25)29)34-11-12-37-16-21(39)15-34;1-3-4-2/h4-9,13-14,17,21,39H,10-12,15-16H2,1-3H3,(H,30,31,33);1H,4H2,2H3/b32-4-;. The number of methoxy groups -OCH3 is 1. The molecule has 1 atom stereocenters. The van der Waals surface area contributed by atoms with E-state index in [4.69, 9.17) is 20.6 Å². The van der Waals surface area contributed by atoms with Crippen LogP contribution in [0.25, 0.3) is 10.9 Å². The van der Waals surface area contributed by atoms with Crippen molar-refractivity contribution >= 4 is 46.9 Å². The predicted octanol–water partition coefficient (Wildman–Crippen LogP) is 6.09. The van der Waals surface area contributed by atoms with Gasteiger partial charge < -0.3 is 24.4 Å². The Kier molecular flexibility index (Phi) is 11.2. The van der Waals surface area contributed by atoms with Crippen LogP contribution in [0.1, 0.15) is 25.8 Å². The molecule has 11 heteroatoms. The molecule has 1 fully saturated rings. The predicted molar refractivity (Wildman–Crippen MR) is 174 cm³/mol. The van der Waals surface area contributed by atoms with E-state index in [1.54, 1.807) is 12.3 Å². The number of fused-ring (bicyclic) bond motifs is 1. The molecule has 226 valence electrons. The summed E-state index contributed by atoms with van der Waals surface area (Å²) in [5, 5.41) is 9.54. The first-order valence-corrected chi connectivity index (χ1v) is 14.5. The molecule has 0 saturated carbocycles. The molecule has 0 spiro atoms. The van der Waals surface area contributed by atoms with E-state index >= 15 is 4.39 Å². The van der Waals surface area contributed by atoms with Crippen LogP contribution in [-0.2, 0) is 4.74 Å². The van der Waals surface area contributed by atoms with Gasteiger partial charge in [-0.1, -0.05) is 6.92 Å². The monoisotopic (exact) mass is 604 g/mol. The molecule has 1 unspecified atom stereocenters. The van der Waals surface area contributed by atoms with Crippen molar-refractivity contribution in [2.45, 2.75) is 32.4 Å². The zero-order chi connectivity index (χ0) is 30.8. The van der Waals surface area contributed by atoms with Gasteiger partial charge in [0.05, 0.1) is 37.8 Å². The Morgan fingerprint density at radius 2 is 2.12 bits per heavy atom. The molecule has 0 amide bonds. The average molecular weight is 605 g/mol. The summed E-state index contributed by atoms with van der Waals surface area (Å²) < 4.78 is 33.5. The van der Waals surface area contributed by atoms with Crippen LogP contribution in [0.2, 0.25) is 0 Å². The van der Waals surface area contributed by atoms with E-state index < -0.39 is 5.82 Å². The smallest absolute Gasteiger partial charge is 0.163 e. The van der Waals surface area contributed by atoms with Crippen LogP contribution in [0.15, 0.2) is 59.8 Å². The summed E-state index contributed by atoms with van der Waals surface area (Å²) in [6, 6.07) is 7.42. The van der Waals surface area contributed by atoms with Gasteiger partial charge in [0, 0.05) is 48.9 Å². The molecule has 0 radical (unpaired) electrons. The molecule has 9 nitrogen and oxygen atoms in total. The lowest BCUT2D eigenvalue weighted by Gasteiger charge is -2.27. The van der Waals surface area contributed by atoms with Gasteiger partial charge >= 0.3 is 0 Å². The number of nitrogens with one attached hydrogen (secondary N) is 1. The van der Waals surface area contributed by atoms with Gasteiger partial charge in [-0.25, -0.2) is 14.4 Å². The summed E-state index contributed by atoms with van der Waals surface area (Å²) >= 11 is 4.58. The molecular weight excluding hydrogens is 567 g/mol. The van der Waals surface area contributed by atoms with Gasteiger partial charge in [0.15, 0.2) is 5.82 Å². The fraction of sp³-hybridized carbons (Fsp3) is 0.344. The van der Waals surface area contributed by atoms with E-state index in [2.05, 4.69) is 38.9 Å². The summed E-state index contributed by atoms with van der Waals surface area (Å²) in [4.78, 5) is 10.6. The first-order chi connectivity index (χ1) is 20.9. The molecule has 2 aliphatic heterocycles. The van der Waals surface area contributed by atoms with Crippen LogP contribution in [-0.4, -0.2) is 66.4 Å². The number of aromatic nitrogens is 2. The number of terminal acetylenes is 1. The van der Waals surface area contributed by atoms with Crippen molar-refractivity contribution < 1.29 is 18.6 Å². The third kappa shape index (κ3) is 7.97. The Bertz CT molecular complexity index is 1550. The number of halogens is 1. The number of ether oxygens (including phenoxy) is 3. The zero-order valence-electron chi connectivity index (χ0n) is 24.9. The number of benzene rings is 2. The second kappa shape index (κ2) is 15.3. The summed E-state index contributed by atoms with van der Waals surface area (Å²) in [6.07, 6.45) is 14.5. The minimum absolute atomic E-state index is 0.0516. The molecule has 5 rings (SSSR count). The summed E-state index contributed by atoms with van der Waals surface area (Å²) in [5.41, 5.74) is 2.44. The fourth-order valence-corrected chi connectivity index (χ4v) is 4.87. The van der Waals surface area contributed by atoms with Crippen LogP contribution in [0.5, 0.6) is 11.5 Å². The quantitative estimate of drug-likeness (QED) is 0.190. The highest BCUT2D eigenvalue weighted by molar-refractivity contribution is 7.81. The highest BCUT2D eigenvalue weighted by atomic mass is 32.1. The maximum atomic E-state index is 16.3. The third-order valence-electron chi connectivity index (χ3n) is 6.61. The van der Waals surface area contributed by atoms with Crippen molar-refractivity contribution in [3.63, 3.8) is 0 Å². The maximum absolute atomic E-state index is 16.3. The van der Waals surface area contributed by atoms with Crippen molar-refractivity contribution in [3.05, 3.63) is 66.1 Å². The number of anilines is 3. The normalized spacial score (nSPS) is 16.7. The van der Waals surface area contributed by atoms with E-state index in [0.717, 1.165) is 29.2 Å². The molecule has 2 aromatic carbocycles. The SMILES string of the molecule is C#CCC.C/C=N\N1C=CC(Oc2ccc(Nc3ncnc4cc(OC)c(N5CCOCC(S)C5)c(F)c34)cc2C)=CC1. The lowest BCUT2D eigenvalue weighted by Crippen LogP contribution is -2.31. The molecule has 1 saturated heterocycles.